The SMILES string of the molecule is Cl.Nc1c(C(=O)N(Cc2ccccn2)C2CCCNCC2)cccc1[N+](=O)[O-]. The number of rotatable bonds is 5. The normalized spacial score (nSPS) is 16.5. The standard InChI is InChI=1S/C19H23N5O3.ClH/c20-18-16(7-3-8-17(18)24(26)27)19(25)23(13-14-5-1-2-11-22-14)15-6-4-10-21-12-9-15;/h1-3,5,7-8,11,15,21H,4,6,9-10,12-13,20H2;1H. The van der Waals surface area contributed by atoms with Crippen LogP contribution in [0.4, 0.5) is 11.4 Å². The Morgan fingerprint density at radius 2 is 2.07 bits per heavy atom. The van der Waals surface area contributed by atoms with Crippen molar-refractivity contribution in [2.45, 2.75) is 31.8 Å². The summed E-state index contributed by atoms with van der Waals surface area (Å²) in [5.74, 6) is -0.297. The van der Waals surface area contributed by atoms with E-state index in [1.54, 1.807) is 17.2 Å². The molecule has 28 heavy (non-hydrogen) atoms. The number of anilines is 1. The average Bonchev–Trinajstić information content (AvgIpc) is 2.96. The number of nitrogens with zero attached hydrogens (tertiary/aromatic N) is 3. The lowest BCUT2D eigenvalue weighted by Crippen LogP contribution is -2.41. The zero-order chi connectivity index (χ0) is 19.2. The molecule has 0 saturated carbocycles. The van der Waals surface area contributed by atoms with Crippen molar-refractivity contribution in [3.05, 3.63) is 64.0 Å². The minimum absolute atomic E-state index is 0. The molecule has 1 aliphatic rings. The number of halogens is 1. The number of para-hydroxylation sites is 1. The molecule has 1 unspecified atom stereocenters. The Kier molecular flexibility index (Phi) is 7.71. The van der Waals surface area contributed by atoms with Gasteiger partial charge in [-0.3, -0.25) is 19.9 Å². The van der Waals surface area contributed by atoms with Gasteiger partial charge in [0, 0.05) is 18.3 Å². The van der Waals surface area contributed by atoms with E-state index in [-0.39, 0.29) is 41.3 Å². The number of nitrogen functional groups attached to an aromatic ring is 1. The van der Waals surface area contributed by atoms with Crippen molar-refractivity contribution in [3.63, 3.8) is 0 Å². The van der Waals surface area contributed by atoms with Crippen LogP contribution in [0.25, 0.3) is 0 Å². The van der Waals surface area contributed by atoms with Gasteiger partial charge in [-0.05, 0) is 50.6 Å². The number of aromatic nitrogens is 1. The molecular weight excluding hydrogens is 382 g/mol. The molecule has 1 aromatic heterocycles. The van der Waals surface area contributed by atoms with Gasteiger partial charge in [-0.2, -0.15) is 0 Å². The largest absolute Gasteiger partial charge is 0.393 e. The van der Waals surface area contributed by atoms with Crippen molar-refractivity contribution in [2.24, 2.45) is 0 Å². The van der Waals surface area contributed by atoms with Gasteiger partial charge in [-0.25, -0.2) is 0 Å². The number of hydrogen-bond donors (Lipinski definition) is 2. The summed E-state index contributed by atoms with van der Waals surface area (Å²) in [5.41, 5.74) is 6.55. The van der Waals surface area contributed by atoms with Gasteiger partial charge >= 0.3 is 0 Å². The van der Waals surface area contributed by atoms with E-state index < -0.39 is 4.92 Å². The summed E-state index contributed by atoms with van der Waals surface area (Å²) in [5, 5.41) is 14.5. The lowest BCUT2D eigenvalue weighted by Gasteiger charge is -2.31. The molecule has 0 bridgehead atoms. The third kappa shape index (κ3) is 4.96. The predicted molar refractivity (Wildman–Crippen MR) is 109 cm³/mol. The molecule has 1 amide bonds. The molecule has 9 heteroatoms. The number of nitro benzene ring substituents is 1. The van der Waals surface area contributed by atoms with E-state index >= 15 is 0 Å². The van der Waals surface area contributed by atoms with E-state index in [4.69, 9.17) is 5.73 Å². The summed E-state index contributed by atoms with van der Waals surface area (Å²) in [6.07, 6.45) is 4.32. The van der Waals surface area contributed by atoms with Gasteiger partial charge < -0.3 is 16.0 Å². The van der Waals surface area contributed by atoms with Gasteiger partial charge in [0.1, 0.15) is 5.69 Å². The van der Waals surface area contributed by atoms with Gasteiger partial charge in [0.25, 0.3) is 11.6 Å². The van der Waals surface area contributed by atoms with Gasteiger partial charge in [0.2, 0.25) is 0 Å². The van der Waals surface area contributed by atoms with Crippen LogP contribution < -0.4 is 11.1 Å². The zero-order valence-corrected chi connectivity index (χ0v) is 16.2. The van der Waals surface area contributed by atoms with Crippen LogP contribution in [0.3, 0.4) is 0 Å². The van der Waals surface area contributed by atoms with Crippen LogP contribution in [-0.2, 0) is 6.54 Å². The lowest BCUT2D eigenvalue weighted by molar-refractivity contribution is -0.383. The number of amides is 1. The first-order chi connectivity index (χ1) is 13.1. The number of carbonyl (C=O) groups excluding carboxylic acids is 1. The highest BCUT2D eigenvalue weighted by molar-refractivity contribution is 6.01. The van der Waals surface area contributed by atoms with Crippen LogP contribution in [0.15, 0.2) is 42.6 Å². The fourth-order valence-electron chi connectivity index (χ4n) is 3.40. The zero-order valence-electron chi connectivity index (χ0n) is 15.4. The Morgan fingerprint density at radius 3 is 2.79 bits per heavy atom. The quantitative estimate of drug-likeness (QED) is 0.449. The number of benzene rings is 1. The van der Waals surface area contributed by atoms with Crippen LogP contribution in [0.5, 0.6) is 0 Å². The Hall–Kier alpha value is -2.71. The first-order valence-corrected chi connectivity index (χ1v) is 9.02. The number of pyridine rings is 1. The Bertz CT molecular complexity index is 810. The van der Waals surface area contributed by atoms with Gasteiger partial charge in [-0.15, -0.1) is 12.4 Å². The molecule has 8 nitrogen and oxygen atoms in total. The second-order valence-electron chi connectivity index (χ2n) is 6.58. The molecule has 3 N–H and O–H groups in total. The third-order valence-corrected chi connectivity index (χ3v) is 4.82. The summed E-state index contributed by atoms with van der Waals surface area (Å²) < 4.78 is 0. The molecule has 1 fully saturated rings. The van der Waals surface area contributed by atoms with Gasteiger partial charge in [0.05, 0.1) is 22.7 Å². The Balaban J connectivity index is 0.00000280. The van der Waals surface area contributed by atoms with E-state index in [2.05, 4.69) is 10.3 Å². The minimum atomic E-state index is -0.565. The van der Waals surface area contributed by atoms with Gasteiger partial charge in [0.15, 0.2) is 0 Å². The minimum Gasteiger partial charge on any atom is -0.393 e. The molecule has 3 rings (SSSR count). The van der Waals surface area contributed by atoms with E-state index in [0.717, 1.165) is 38.0 Å². The van der Waals surface area contributed by atoms with Crippen molar-refractivity contribution < 1.29 is 9.72 Å². The molecular formula is C19H24ClN5O3. The summed E-state index contributed by atoms with van der Waals surface area (Å²) in [6, 6.07) is 9.94. The van der Waals surface area contributed by atoms with Crippen molar-refractivity contribution >= 4 is 29.7 Å². The molecule has 1 saturated heterocycles. The van der Waals surface area contributed by atoms with Crippen LogP contribution >= 0.6 is 12.4 Å². The third-order valence-electron chi connectivity index (χ3n) is 4.82. The van der Waals surface area contributed by atoms with E-state index in [1.807, 2.05) is 18.2 Å². The molecule has 150 valence electrons. The number of nitro groups is 1. The fourth-order valence-corrected chi connectivity index (χ4v) is 3.40. The van der Waals surface area contributed by atoms with E-state index in [1.165, 1.54) is 12.1 Å². The number of hydrogen-bond acceptors (Lipinski definition) is 6. The Labute approximate surface area is 169 Å². The van der Waals surface area contributed by atoms with Crippen molar-refractivity contribution in [1.82, 2.24) is 15.2 Å². The maximum Gasteiger partial charge on any atom is 0.292 e. The van der Waals surface area contributed by atoms with E-state index in [9.17, 15) is 14.9 Å². The second-order valence-corrected chi connectivity index (χ2v) is 6.58. The van der Waals surface area contributed by atoms with Crippen LogP contribution in [0.1, 0.15) is 35.3 Å². The average molecular weight is 406 g/mol. The van der Waals surface area contributed by atoms with Crippen molar-refractivity contribution in [2.75, 3.05) is 18.8 Å². The molecule has 2 heterocycles. The monoisotopic (exact) mass is 405 g/mol. The van der Waals surface area contributed by atoms with Gasteiger partial charge in [-0.1, -0.05) is 12.1 Å². The lowest BCUT2D eigenvalue weighted by atomic mass is 10.0. The first-order valence-electron chi connectivity index (χ1n) is 9.02. The van der Waals surface area contributed by atoms with Crippen LogP contribution in [0, 0.1) is 10.1 Å². The highest BCUT2D eigenvalue weighted by Crippen LogP contribution is 2.28. The summed E-state index contributed by atoms with van der Waals surface area (Å²) in [4.78, 5) is 30.0. The highest BCUT2D eigenvalue weighted by Gasteiger charge is 2.29. The molecule has 1 aliphatic heterocycles. The summed E-state index contributed by atoms with van der Waals surface area (Å²) in [6.45, 7) is 2.08. The number of carbonyl (C=O) groups is 1. The smallest absolute Gasteiger partial charge is 0.292 e. The molecule has 0 aliphatic carbocycles. The molecule has 0 radical (unpaired) electrons. The number of nitrogens with two attached hydrogens (primary N) is 1. The van der Waals surface area contributed by atoms with Crippen LogP contribution in [0.2, 0.25) is 0 Å². The fraction of sp³-hybridized carbons (Fsp3) is 0.368. The molecule has 1 aromatic carbocycles. The van der Waals surface area contributed by atoms with E-state index in [0.29, 0.717) is 6.54 Å². The summed E-state index contributed by atoms with van der Waals surface area (Å²) >= 11 is 0. The molecule has 1 atom stereocenters. The maximum absolute atomic E-state index is 13.3. The number of nitrogens with one attached hydrogen (secondary N) is 1. The topological polar surface area (TPSA) is 114 Å². The molecule has 2 aromatic rings. The second kappa shape index (κ2) is 10.0. The predicted octanol–water partition coefficient (Wildman–Crippen LogP) is 2.78. The summed E-state index contributed by atoms with van der Waals surface area (Å²) in [7, 11) is 0. The highest BCUT2D eigenvalue weighted by atomic mass is 35.5. The van der Waals surface area contributed by atoms with Crippen molar-refractivity contribution in [1.29, 1.82) is 0 Å². The maximum atomic E-state index is 13.3. The Morgan fingerprint density at radius 1 is 1.25 bits per heavy atom. The van der Waals surface area contributed by atoms with Crippen molar-refractivity contribution in [3.8, 4) is 0 Å². The van der Waals surface area contributed by atoms with Crippen LogP contribution in [-0.4, -0.2) is 39.8 Å². The first kappa shape index (κ1) is 21.6. The molecule has 0 spiro atoms.